The van der Waals surface area contributed by atoms with Gasteiger partial charge in [0.25, 0.3) is 5.78 Å². The summed E-state index contributed by atoms with van der Waals surface area (Å²) < 4.78 is 0. The monoisotopic (exact) mass is 381 g/mol. The van der Waals surface area contributed by atoms with Gasteiger partial charge >= 0.3 is 5.97 Å². The van der Waals surface area contributed by atoms with Gasteiger partial charge in [-0.05, 0) is 48.6 Å². The molecule has 0 aliphatic heterocycles. The lowest BCUT2D eigenvalue weighted by molar-refractivity contribution is -0.131. The molecule has 7 heteroatoms. The summed E-state index contributed by atoms with van der Waals surface area (Å²) in [6, 6.07) is 10.3. The van der Waals surface area contributed by atoms with Crippen molar-refractivity contribution in [2.45, 2.75) is 26.7 Å². The molecule has 0 bridgehead atoms. The molecule has 0 saturated carbocycles. The molecule has 1 aromatic carbocycles. The highest BCUT2D eigenvalue weighted by Crippen LogP contribution is 2.28. The van der Waals surface area contributed by atoms with Crippen LogP contribution in [0.2, 0.25) is 0 Å². The van der Waals surface area contributed by atoms with Gasteiger partial charge in [-0.3, -0.25) is 4.79 Å². The van der Waals surface area contributed by atoms with Crippen molar-refractivity contribution in [1.29, 1.82) is 0 Å². The number of Topliss-reactive ketones (excluding diaryl/α,β-unsaturated/α-hetero) is 1. The Labute approximate surface area is 160 Å². The molecule has 0 aliphatic rings. The number of carboxylic acids is 1. The fourth-order valence-corrected chi connectivity index (χ4v) is 3.44. The van der Waals surface area contributed by atoms with Crippen LogP contribution in [0.1, 0.15) is 35.5 Å². The Bertz CT molecular complexity index is 967. The largest absolute Gasteiger partial charge is 0.475 e. The number of hydrogen-bond acceptors (Lipinski definition) is 6. The van der Waals surface area contributed by atoms with Crippen LogP contribution in [0.15, 0.2) is 41.8 Å². The quantitative estimate of drug-likeness (QED) is 0.467. The molecule has 0 fully saturated rings. The number of carbonyl (C=O) groups is 2. The predicted molar refractivity (Wildman–Crippen MR) is 106 cm³/mol. The number of aliphatic carboxylic acids is 1. The zero-order chi connectivity index (χ0) is 19.4. The van der Waals surface area contributed by atoms with Gasteiger partial charge in [0.15, 0.2) is 5.82 Å². The van der Waals surface area contributed by atoms with Gasteiger partial charge in [0.05, 0.1) is 4.88 Å². The first-order valence-electron chi connectivity index (χ1n) is 8.61. The topological polar surface area (TPSA) is 92.2 Å². The predicted octanol–water partition coefficient (Wildman–Crippen LogP) is 4.34. The van der Waals surface area contributed by atoms with Crippen molar-refractivity contribution >= 4 is 34.6 Å². The molecule has 0 aliphatic carbocycles. The maximum atomic E-state index is 11.5. The molecule has 0 atom stereocenters. The van der Waals surface area contributed by atoms with Crippen LogP contribution in [-0.4, -0.2) is 26.8 Å². The summed E-state index contributed by atoms with van der Waals surface area (Å²) in [6.07, 6.45) is 1.58. The zero-order valence-corrected chi connectivity index (χ0v) is 15.8. The Balaban J connectivity index is 1.97. The summed E-state index contributed by atoms with van der Waals surface area (Å²) in [6.45, 7) is 4.12. The third kappa shape index (κ3) is 4.03. The molecule has 2 heterocycles. The van der Waals surface area contributed by atoms with E-state index in [1.165, 1.54) is 12.1 Å². The standard InChI is InChI=1S/C20H19N3O3S/c1-3-14-15(4-2)22-19(16-6-5-11-27-16)23-18(14)21-13-9-7-12(8-10-13)17(24)20(25)26/h5-11H,3-4H2,1-2H3,(H,25,26)(H,21,22,23). The minimum absolute atomic E-state index is 0.139. The zero-order valence-electron chi connectivity index (χ0n) is 15.0. The number of nitrogens with zero attached hydrogens (tertiary/aromatic N) is 2. The summed E-state index contributed by atoms with van der Waals surface area (Å²) in [5, 5.41) is 14.1. The van der Waals surface area contributed by atoms with E-state index >= 15 is 0 Å². The Kier molecular flexibility index (Phi) is 5.61. The van der Waals surface area contributed by atoms with E-state index < -0.39 is 11.8 Å². The van der Waals surface area contributed by atoms with Crippen molar-refractivity contribution < 1.29 is 14.7 Å². The van der Waals surface area contributed by atoms with Crippen molar-refractivity contribution in [1.82, 2.24) is 9.97 Å². The maximum Gasteiger partial charge on any atom is 0.377 e. The van der Waals surface area contributed by atoms with Crippen LogP contribution < -0.4 is 5.32 Å². The Morgan fingerprint density at radius 2 is 1.81 bits per heavy atom. The van der Waals surface area contributed by atoms with Gasteiger partial charge in [-0.1, -0.05) is 19.9 Å². The molecule has 27 heavy (non-hydrogen) atoms. The number of ketones is 1. The van der Waals surface area contributed by atoms with Gasteiger partial charge in [0.1, 0.15) is 5.82 Å². The Hall–Kier alpha value is -3.06. The lowest BCUT2D eigenvalue weighted by Gasteiger charge is -2.15. The van der Waals surface area contributed by atoms with Gasteiger partial charge < -0.3 is 10.4 Å². The minimum Gasteiger partial charge on any atom is -0.475 e. The maximum absolute atomic E-state index is 11.5. The van der Waals surface area contributed by atoms with Crippen molar-refractivity contribution in [3.8, 4) is 10.7 Å². The van der Waals surface area contributed by atoms with Crippen LogP contribution in [0, 0.1) is 0 Å². The van der Waals surface area contributed by atoms with Crippen LogP contribution in [0.3, 0.4) is 0 Å². The molecule has 138 valence electrons. The summed E-state index contributed by atoms with van der Waals surface area (Å²) in [5.41, 5.74) is 2.91. The van der Waals surface area contributed by atoms with Crippen molar-refractivity contribution in [3.05, 3.63) is 58.6 Å². The molecular formula is C20H19N3O3S. The molecule has 0 saturated heterocycles. The van der Waals surface area contributed by atoms with Crippen molar-refractivity contribution in [2.75, 3.05) is 5.32 Å². The van der Waals surface area contributed by atoms with Crippen LogP contribution >= 0.6 is 11.3 Å². The highest BCUT2D eigenvalue weighted by molar-refractivity contribution is 7.13. The minimum atomic E-state index is -1.46. The highest BCUT2D eigenvalue weighted by atomic mass is 32.1. The first-order chi connectivity index (χ1) is 13.0. The molecule has 3 rings (SSSR count). The number of aromatic nitrogens is 2. The van der Waals surface area contributed by atoms with E-state index in [2.05, 4.69) is 19.2 Å². The number of nitrogens with one attached hydrogen (secondary N) is 1. The highest BCUT2D eigenvalue weighted by Gasteiger charge is 2.16. The average Bonchev–Trinajstić information content (AvgIpc) is 3.22. The number of carboxylic acid groups (broad SMARTS) is 1. The van der Waals surface area contributed by atoms with E-state index in [1.807, 2.05) is 17.5 Å². The third-order valence-corrected chi connectivity index (χ3v) is 4.99. The van der Waals surface area contributed by atoms with Crippen LogP contribution in [0.5, 0.6) is 0 Å². The van der Waals surface area contributed by atoms with Gasteiger partial charge in [0.2, 0.25) is 0 Å². The molecule has 0 unspecified atom stereocenters. The summed E-state index contributed by atoms with van der Waals surface area (Å²) in [7, 11) is 0. The number of anilines is 2. The lowest BCUT2D eigenvalue weighted by Crippen LogP contribution is -2.12. The summed E-state index contributed by atoms with van der Waals surface area (Å²) in [4.78, 5) is 32.7. The smallest absolute Gasteiger partial charge is 0.377 e. The van der Waals surface area contributed by atoms with E-state index in [0.29, 0.717) is 5.82 Å². The van der Waals surface area contributed by atoms with E-state index in [4.69, 9.17) is 15.1 Å². The van der Waals surface area contributed by atoms with E-state index in [0.717, 1.165) is 40.5 Å². The van der Waals surface area contributed by atoms with Gasteiger partial charge in [0, 0.05) is 22.5 Å². The fraction of sp³-hybridized carbons (Fsp3) is 0.200. The van der Waals surface area contributed by atoms with Crippen LogP contribution in [0.4, 0.5) is 11.5 Å². The molecule has 2 N–H and O–H groups in total. The second kappa shape index (κ2) is 8.09. The van der Waals surface area contributed by atoms with Crippen molar-refractivity contribution in [2.24, 2.45) is 0 Å². The number of benzene rings is 1. The first-order valence-corrected chi connectivity index (χ1v) is 9.49. The average molecular weight is 381 g/mol. The Morgan fingerprint density at radius 3 is 2.37 bits per heavy atom. The first kappa shape index (κ1) is 18.7. The number of hydrogen-bond donors (Lipinski definition) is 2. The Morgan fingerprint density at radius 1 is 1.07 bits per heavy atom. The van der Waals surface area contributed by atoms with E-state index in [1.54, 1.807) is 23.5 Å². The second-order valence-electron chi connectivity index (χ2n) is 5.84. The fourth-order valence-electron chi connectivity index (χ4n) is 2.78. The summed E-state index contributed by atoms with van der Waals surface area (Å²) in [5.74, 6) is -0.983. The molecule has 0 amide bonds. The number of thiophene rings is 1. The third-order valence-electron chi connectivity index (χ3n) is 4.13. The van der Waals surface area contributed by atoms with Gasteiger partial charge in [-0.2, -0.15) is 0 Å². The molecular weight excluding hydrogens is 362 g/mol. The number of carbonyl (C=O) groups excluding carboxylic acids is 1. The van der Waals surface area contributed by atoms with E-state index in [-0.39, 0.29) is 5.56 Å². The van der Waals surface area contributed by atoms with Crippen molar-refractivity contribution in [3.63, 3.8) is 0 Å². The number of rotatable bonds is 7. The van der Waals surface area contributed by atoms with Gasteiger partial charge in [-0.25, -0.2) is 14.8 Å². The van der Waals surface area contributed by atoms with Crippen LogP contribution in [0.25, 0.3) is 10.7 Å². The number of aryl methyl sites for hydroxylation is 1. The lowest BCUT2D eigenvalue weighted by atomic mass is 10.1. The molecule has 0 radical (unpaired) electrons. The summed E-state index contributed by atoms with van der Waals surface area (Å²) >= 11 is 1.59. The SMILES string of the molecule is CCc1nc(-c2cccs2)nc(Nc2ccc(C(=O)C(=O)O)cc2)c1CC. The molecule has 3 aromatic rings. The van der Waals surface area contributed by atoms with E-state index in [9.17, 15) is 9.59 Å². The van der Waals surface area contributed by atoms with Gasteiger partial charge in [-0.15, -0.1) is 11.3 Å². The molecule has 2 aromatic heterocycles. The molecule has 6 nitrogen and oxygen atoms in total. The van der Waals surface area contributed by atoms with Crippen LogP contribution in [-0.2, 0) is 17.6 Å². The normalized spacial score (nSPS) is 10.6. The molecule has 0 spiro atoms. The second-order valence-corrected chi connectivity index (χ2v) is 6.79.